The SMILES string of the molecule is CC.CC=O.c1ccc(CCCNCCc2c[nH]c3ccccc23)cc1. The number of carbonyl (C=O) groups is 1. The van der Waals surface area contributed by atoms with Crippen LogP contribution in [0.3, 0.4) is 0 Å². The Morgan fingerprint density at radius 3 is 2.31 bits per heavy atom. The Balaban J connectivity index is 0.000000615. The van der Waals surface area contributed by atoms with Crippen LogP contribution in [0.5, 0.6) is 0 Å². The lowest BCUT2D eigenvalue weighted by atomic mass is 10.1. The second-order valence-corrected chi connectivity index (χ2v) is 5.68. The minimum absolute atomic E-state index is 0.750. The lowest BCUT2D eigenvalue weighted by molar-refractivity contribution is -0.106. The molecule has 2 N–H and O–H groups in total. The van der Waals surface area contributed by atoms with Crippen LogP contribution in [-0.2, 0) is 17.6 Å². The second kappa shape index (κ2) is 13.9. The van der Waals surface area contributed by atoms with Crippen LogP contribution in [0.4, 0.5) is 0 Å². The fraction of sp³-hybridized carbons (Fsp3) is 0.348. The summed E-state index contributed by atoms with van der Waals surface area (Å²) in [6.45, 7) is 7.56. The van der Waals surface area contributed by atoms with Gasteiger partial charge in [-0.15, -0.1) is 0 Å². The van der Waals surface area contributed by atoms with Gasteiger partial charge in [0.1, 0.15) is 6.29 Å². The third-order valence-electron chi connectivity index (χ3n) is 3.91. The van der Waals surface area contributed by atoms with Crippen molar-refractivity contribution in [3.8, 4) is 0 Å². The Kier molecular flexibility index (Phi) is 11.5. The number of hydrogen-bond acceptors (Lipinski definition) is 2. The van der Waals surface area contributed by atoms with Gasteiger partial charge in [0.05, 0.1) is 0 Å². The fourth-order valence-corrected chi connectivity index (χ4v) is 2.75. The maximum absolute atomic E-state index is 8.81. The van der Waals surface area contributed by atoms with Crippen LogP contribution in [0.15, 0.2) is 60.8 Å². The smallest absolute Gasteiger partial charge is 0.116 e. The Hall–Kier alpha value is -2.39. The highest BCUT2D eigenvalue weighted by Gasteiger charge is 2.01. The molecule has 0 saturated heterocycles. The Morgan fingerprint density at radius 2 is 1.58 bits per heavy atom. The summed E-state index contributed by atoms with van der Waals surface area (Å²) < 4.78 is 0. The number of aromatic nitrogens is 1. The van der Waals surface area contributed by atoms with Crippen molar-refractivity contribution in [3.63, 3.8) is 0 Å². The first-order valence-corrected chi connectivity index (χ1v) is 9.54. The van der Waals surface area contributed by atoms with Crippen molar-refractivity contribution in [2.45, 2.75) is 40.0 Å². The summed E-state index contributed by atoms with van der Waals surface area (Å²) in [5, 5.41) is 4.90. The van der Waals surface area contributed by atoms with E-state index in [1.807, 2.05) is 13.8 Å². The van der Waals surface area contributed by atoms with E-state index >= 15 is 0 Å². The summed E-state index contributed by atoms with van der Waals surface area (Å²) in [6, 6.07) is 19.2. The molecule has 0 bridgehead atoms. The molecule has 2 aromatic carbocycles. The number of aryl methyl sites for hydroxylation is 1. The summed E-state index contributed by atoms with van der Waals surface area (Å²) in [5.74, 6) is 0. The molecule has 1 heterocycles. The Morgan fingerprint density at radius 1 is 0.923 bits per heavy atom. The highest BCUT2D eigenvalue weighted by atomic mass is 16.1. The Bertz CT molecular complexity index is 719. The number of nitrogens with one attached hydrogen (secondary N) is 2. The molecule has 3 nitrogen and oxygen atoms in total. The zero-order valence-electron chi connectivity index (χ0n) is 16.3. The molecule has 0 fully saturated rings. The number of benzene rings is 2. The third kappa shape index (κ3) is 7.66. The van der Waals surface area contributed by atoms with Gasteiger partial charge in [-0.05, 0) is 56.5 Å². The van der Waals surface area contributed by atoms with Gasteiger partial charge in [-0.2, -0.15) is 0 Å². The number of carbonyl (C=O) groups excluding carboxylic acids is 1. The van der Waals surface area contributed by atoms with Crippen LogP contribution in [0.25, 0.3) is 10.9 Å². The zero-order chi connectivity index (χ0) is 19.0. The van der Waals surface area contributed by atoms with Gasteiger partial charge in [0.15, 0.2) is 0 Å². The number of rotatable bonds is 7. The average molecular weight is 353 g/mol. The van der Waals surface area contributed by atoms with Crippen LogP contribution >= 0.6 is 0 Å². The van der Waals surface area contributed by atoms with E-state index in [4.69, 9.17) is 4.79 Å². The highest BCUT2D eigenvalue weighted by Crippen LogP contribution is 2.17. The number of aromatic amines is 1. The number of fused-ring (bicyclic) bond motifs is 1. The van der Waals surface area contributed by atoms with Crippen LogP contribution in [0, 0.1) is 0 Å². The predicted molar refractivity (Wildman–Crippen MR) is 113 cm³/mol. The van der Waals surface area contributed by atoms with E-state index in [9.17, 15) is 0 Å². The molecule has 0 radical (unpaired) electrons. The van der Waals surface area contributed by atoms with E-state index in [0.717, 1.165) is 32.2 Å². The van der Waals surface area contributed by atoms with Crippen molar-refractivity contribution < 1.29 is 4.79 Å². The fourth-order valence-electron chi connectivity index (χ4n) is 2.75. The molecule has 0 unspecified atom stereocenters. The van der Waals surface area contributed by atoms with Gasteiger partial charge in [-0.25, -0.2) is 0 Å². The molecule has 140 valence electrons. The average Bonchev–Trinajstić information content (AvgIpc) is 3.11. The van der Waals surface area contributed by atoms with Gasteiger partial charge in [-0.3, -0.25) is 0 Å². The van der Waals surface area contributed by atoms with E-state index < -0.39 is 0 Å². The first-order valence-electron chi connectivity index (χ1n) is 9.54. The maximum Gasteiger partial charge on any atom is 0.116 e. The van der Waals surface area contributed by atoms with Crippen molar-refractivity contribution in [1.82, 2.24) is 10.3 Å². The van der Waals surface area contributed by atoms with Crippen molar-refractivity contribution in [2.75, 3.05) is 13.1 Å². The molecule has 0 amide bonds. The normalized spacial score (nSPS) is 9.65. The molecule has 0 aliphatic rings. The van der Waals surface area contributed by atoms with Crippen molar-refractivity contribution >= 4 is 17.2 Å². The number of para-hydroxylation sites is 1. The summed E-state index contributed by atoms with van der Waals surface area (Å²) >= 11 is 0. The van der Waals surface area contributed by atoms with Crippen LogP contribution in [0.2, 0.25) is 0 Å². The molecule has 0 aliphatic heterocycles. The van der Waals surface area contributed by atoms with Gasteiger partial charge < -0.3 is 15.1 Å². The first kappa shape index (κ1) is 21.7. The van der Waals surface area contributed by atoms with Crippen LogP contribution in [-0.4, -0.2) is 24.4 Å². The molecule has 0 atom stereocenters. The molecule has 3 rings (SSSR count). The molecule has 0 saturated carbocycles. The van der Waals surface area contributed by atoms with Gasteiger partial charge in [0.2, 0.25) is 0 Å². The second-order valence-electron chi connectivity index (χ2n) is 5.68. The zero-order valence-corrected chi connectivity index (χ0v) is 16.3. The maximum atomic E-state index is 8.81. The van der Waals surface area contributed by atoms with E-state index in [-0.39, 0.29) is 0 Å². The van der Waals surface area contributed by atoms with E-state index in [2.05, 4.69) is 71.1 Å². The predicted octanol–water partition coefficient (Wildman–Crippen LogP) is 5.16. The molecule has 3 heteroatoms. The summed E-state index contributed by atoms with van der Waals surface area (Å²) in [5.41, 5.74) is 4.06. The lowest BCUT2D eigenvalue weighted by Gasteiger charge is -2.04. The van der Waals surface area contributed by atoms with Crippen molar-refractivity contribution in [1.29, 1.82) is 0 Å². The topological polar surface area (TPSA) is 44.9 Å². The third-order valence-corrected chi connectivity index (χ3v) is 3.91. The minimum Gasteiger partial charge on any atom is -0.361 e. The van der Waals surface area contributed by atoms with Gasteiger partial charge >= 0.3 is 0 Å². The van der Waals surface area contributed by atoms with Crippen LogP contribution < -0.4 is 5.32 Å². The number of hydrogen-bond donors (Lipinski definition) is 2. The summed E-state index contributed by atoms with van der Waals surface area (Å²) in [6.07, 6.45) is 6.31. The van der Waals surface area contributed by atoms with Gasteiger partial charge in [-0.1, -0.05) is 62.4 Å². The quantitative estimate of drug-likeness (QED) is 0.455. The summed E-state index contributed by atoms with van der Waals surface area (Å²) in [4.78, 5) is 12.1. The van der Waals surface area contributed by atoms with Gasteiger partial charge in [0, 0.05) is 17.1 Å². The molecule has 1 aromatic heterocycles. The molecule has 0 spiro atoms. The van der Waals surface area contributed by atoms with Crippen molar-refractivity contribution in [3.05, 3.63) is 71.9 Å². The minimum atomic E-state index is 0.750. The largest absolute Gasteiger partial charge is 0.361 e. The summed E-state index contributed by atoms with van der Waals surface area (Å²) in [7, 11) is 0. The van der Waals surface area contributed by atoms with Crippen molar-refractivity contribution in [2.24, 2.45) is 0 Å². The molecule has 3 aromatic rings. The highest BCUT2D eigenvalue weighted by molar-refractivity contribution is 5.83. The van der Waals surface area contributed by atoms with Gasteiger partial charge in [0.25, 0.3) is 0 Å². The van der Waals surface area contributed by atoms with Crippen LogP contribution in [0.1, 0.15) is 38.3 Å². The monoisotopic (exact) mass is 352 g/mol. The molecule has 26 heavy (non-hydrogen) atoms. The van der Waals surface area contributed by atoms with E-state index in [1.165, 1.54) is 35.4 Å². The molecular formula is C23H32N2O. The first-order chi connectivity index (χ1) is 12.8. The molecular weight excluding hydrogens is 320 g/mol. The van der Waals surface area contributed by atoms with E-state index in [0.29, 0.717) is 0 Å². The number of H-pyrrole nitrogens is 1. The lowest BCUT2D eigenvalue weighted by Crippen LogP contribution is -2.18. The van der Waals surface area contributed by atoms with E-state index in [1.54, 1.807) is 0 Å². The molecule has 0 aliphatic carbocycles. The number of aldehydes is 1. The Labute approximate surface area is 157 Å². The standard InChI is InChI=1S/C19H22N2.C2H4O.C2H6/c1-2-7-16(8-3-1)9-6-13-20-14-12-17-15-21-19-11-5-4-10-18(17)19;1-2-3;1-2/h1-5,7-8,10-11,15,20-21H,6,9,12-14H2;2H,1H3;1-2H3.